The molecule has 1 aliphatic heterocycles. The van der Waals surface area contributed by atoms with E-state index in [1.165, 1.54) is 0 Å². The molecule has 0 aromatic carbocycles. The van der Waals surface area contributed by atoms with E-state index in [9.17, 15) is 0 Å². The van der Waals surface area contributed by atoms with E-state index < -0.39 is 0 Å². The highest BCUT2D eigenvalue weighted by atomic mass is 16.5. The van der Waals surface area contributed by atoms with Crippen LogP contribution in [0, 0.1) is 0 Å². The molecule has 1 fully saturated rings. The van der Waals surface area contributed by atoms with E-state index in [2.05, 4.69) is 10.3 Å². The monoisotopic (exact) mass is 324 g/mol. The van der Waals surface area contributed by atoms with Gasteiger partial charge in [-0.25, -0.2) is 4.98 Å². The summed E-state index contributed by atoms with van der Waals surface area (Å²) in [5.74, 6) is 0.605. The highest BCUT2D eigenvalue weighted by molar-refractivity contribution is 5.86. The molecule has 0 spiro atoms. The van der Waals surface area contributed by atoms with Crippen LogP contribution in [0.25, 0.3) is 22.2 Å². The minimum Gasteiger partial charge on any atom is -0.474 e. The Balaban J connectivity index is 1.66. The van der Waals surface area contributed by atoms with Crippen molar-refractivity contribution in [1.82, 2.24) is 19.9 Å². The normalized spacial score (nSPS) is 18.0. The van der Waals surface area contributed by atoms with Crippen LogP contribution in [0.4, 0.5) is 0 Å². The first-order valence-electron chi connectivity index (χ1n) is 8.13. The highest BCUT2D eigenvalue weighted by Crippen LogP contribution is 2.28. The Labute approximate surface area is 140 Å². The number of aryl methyl sites for hydroxylation is 1. The number of pyridine rings is 2. The van der Waals surface area contributed by atoms with E-state index in [1.54, 1.807) is 6.20 Å². The second-order valence-corrected chi connectivity index (χ2v) is 5.96. The van der Waals surface area contributed by atoms with Crippen LogP contribution in [-0.2, 0) is 11.8 Å². The first kappa shape index (κ1) is 15.1. The zero-order chi connectivity index (χ0) is 16.4. The van der Waals surface area contributed by atoms with Crippen molar-refractivity contribution in [3.8, 4) is 17.1 Å². The minimum absolute atomic E-state index is 0.0488. The fourth-order valence-electron chi connectivity index (χ4n) is 2.86. The minimum atomic E-state index is 0.0488. The Morgan fingerprint density at radius 3 is 3.17 bits per heavy atom. The number of nitrogens with one attached hydrogen (secondary N) is 1. The van der Waals surface area contributed by atoms with Gasteiger partial charge in [0, 0.05) is 44.3 Å². The summed E-state index contributed by atoms with van der Waals surface area (Å²) in [5, 5.41) is 4.23. The number of hydrogen-bond donors (Lipinski definition) is 1. The number of rotatable bonds is 4. The van der Waals surface area contributed by atoms with Gasteiger partial charge in [-0.05, 0) is 24.3 Å². The molecule has 4 rings (SSSR count). The molecule has 24 heavy (non-hydrogen) atoms. The van der Waals surface area contributed by atoms with Crippen molar-refractivity contribution < 1.29 is 9.47 Å². The summed E-state index contributed by atoms with van der Waals surface area (Å²) in [6.45, 7) is 2.88. The summed E-state index contributed by atoms with van der Waals surface area (Å²) in [7, 11) is 1.99. The Morgan fingerprint density at radius 2 is 2.38 bits per heavy atom. The maximum Gasteiger partial charge on any atom is 0.223 e. The zero-order valence-corrected chi connectivity index (χ0v) is 13.6. The maximum atomic E-state index is 6.00. The molecule has 124 valence electrons. The SMILES string of the molecule is Cn1ccc(-c2cc3ncccc3c(OC[C@@H]3CNCCO3)n2)c1. The molecule has 3 aromatic heterocycles. The molecule has 1 saturated heterocycles. The van der Waals surface area contributed by atoms with Gasteiger partial charge in [0.1, 0.15) is 12.7 Å². The third kappa shape index (κ3) is 3.11. The van der Waals surface area contributed by atoms with Crippen molar-refractivity contribution in [1.29, 1.82) is 0 Å². The summed E-state index contributed by atoms with van der Waals surface area (Å²) < 4.78 is 13.7. The van der Waals surface area contributed by atoms with Crippen LogP contribution in [0.3, 0.4) is 0 Å². The lowest BCUT2D eigenvalue weighted by Crippen LogP contribution is -2.41. The number of hydrogen-bond acceptors (Lipinski definition) is 5. The number of fused-ring (bicyclic) bond motifs is 1. The fourth-order valence-corrected chi connectivity index (χ4v) is 2.86. The summed E-state index contributed by atoms with van der Waals surface area (Å²) in [4.78, 5) is 9.18. The zero-order valence-electron chi connectivity index (χ0n) is 13.6. The Kier molecular flexibility index (Phi) is 4.15. The van der Waals surface area contributed by atoms with Crippen LogP contribution in [0.1, 0.15) is 0 Å². The molecular weight excluding hydrogens is 304 g/mol. The topological polar surface area (TPSA) is 61.2 Å². The predicted molar refractivity (Wildman–Crippen MR) is 92.0 cm³/mol. The van der Waals surface area contributed by atoms with Crippen LogP contribution in [-0.4, -0.2) is 46.9 Å². The van der Waals surface area contributed by atoms with Crippen LogP contribution < -0.4 is 10.1 Å². The lowest BCUT2D eigenvalue weighted by atomic mass is 10.1. The summed E-state index contributed by atoms with van der Waals surface area (Å²) in [5.41, 5.74) is 2.79. The van der Waals surface area contributed by atoms with Crippen molar-refractivity contribution in [2.45, 2.75) is 6.10 Å². The van der Waals surface area contributed by atoms with Gasteiger partial charge in [0.25, 0.3) is 0 Å². The first-order chi connectivity index (χ1) is 11.8. The smallest absolute Gasteiger partial charge is 0.223 e. The number of ether oxygens (including phenoxy) is 2. The average molecular weight is 324 g/mol. The van der Waals surface area contributed by atoms with Crippen molar-refractivity contribution in [3.63, 3.8) is 0 Å². The summed E-state index contributed by atoms with van der Waals surface area (Å²) >= 11 is 0. The molecule has 0 amide bonds. The molecule has 0 aliphatic carbocycles. The maximum absolute atomic E-state index is 6.00. The Morgan fingerprint density at radius 1 is 1.42 bits per heavy atom. The van der Waals surface area contributed by atoms with Gasteiger partial charge in [-0.2, -0.15) is 0 Å². The standard InChI is InChI=1S/C18H20N4O2/c1-22-7-4-13(11-22)16-9-17-15(3-2-5-20-17)18(21-16)24-12-14-10-19-6-8-23-14/h2-5,7,9,11,14,19H,6,8,10,12H2,1H3/t14-/m0/s1. The number of morpholine rings is 1. The van der Waals surface area contributed by atoms with Crippen molar-refractivity contribution in [3.05, 3.63) is 42.9 Å². The molecule has 0 unspecified atom stereocenters. The third-order valence-corrected chi connectivity index (χ3v) is 4.10. The predicted octanol–water partition coefficient (Wildman–Crippen LogP) is 2.00. The second kappa shape index (κ2) is 6.59. The lowest BCUT2D eigenvalue weighted by molar-refractivity contribution is -0.000365. The van der Waals surface area contributed by atoms with Gasteiger partial charge in [-0.1, -0.05) is 0 Å². The third-order valence-electron chi connectivity index (χ3n) is 4.10. The Bertz CT molecular complexity index is 840. The molecule has 1 atom stereocenters. The number of nitrogens with zero attached hydrogens (tertiary/aromatic N) is 3. The second-order valence-electron chi connectivity index (χ2n) is 5.96. The first-order valence-corrected chi connectivity index (χ1v) is 8.13. The molecule has 3 aromatic rings. The van der Waals surface area contributed by atoms with Crippen LogP contribution in [0.15, 0.2) is 42.9 Å². The van der Waals surface area contributed by atoms with Gasteiger partial charge in [0.05, 0.1) is 23.2 Å². The van der Waals surface area contributed by atoms with Crippen molar-refractivity contribution in [2.75, 3.05) is 26.3 Å². The summed E-state index contributed by atoms with van der Waals surface area (Å²) in [6, 6.07) is 7.92. The van der Waals surface area contributed by atoms with Crippen LogP contribution in [0.5, 0.6) is 5.88 Å². The van der Waals surface area contributed by atoms with E-state index in [4.69, 9.17) is 14.5 Å². The summed E-state index contributed by atoms with van der Waals surface area (Å²) in [6.07, 6.45) is 5.87. The van der Waals surface area contributed by atoms with E-state index in [0.717, 1.165) is 35.2 Å². The van der Waals surface area contributed by atoms with Gasteiger partial charge in [0.15, 0.2) is 0 Å². The molecule has 6 nitrogen and oxygen atoms in total. The van der Waals surface area contributed by atoms with E-state index >= 15 is 0 Å². The quantitative estimate of drug-likeness (QED) is 0.795. The van der Waals surface area contributed by atoms with E-state index in [0.29, 0.717) is 19.1 Å². The molecule has 4 heterocycles. The molecule has 0 saturated carbocycles. The molecule has 0 bridgehead atoms. The molecule has 1 aliphatic rings. The highest BCUT2D eigenvalue weighted by Gasteiger charge is 2.16. The lowest BCUT2D eigenvalue weighted by Gasteiger charge is -2.23. The molecule has 0 radical (unpaired) electrons. The fraction of sp³-hybridized carbons (Fsp3) is 0.333. The van der Waals surface area contributed by atoms with Crippen molar-refractivity contribution in [2.24, 2.45) is 7.05 Å². The Hall–Kier alpha value is -2.44. The van der Waals surface area contributed by atoms with Gasteiger partial charge in [0.2, 0.25) is 5.88 Å². The number of aromatic nitrogens is 3. The van der Waals surface area contributed by atoms with Gasteiger partial charge >= 0.3 is 0 Å². The largest absolute Gasteiger partial charge is 0.474 e. The van der Waals surface area contributed by atoms with Crippen molar-refractivity contribution >= 4 is 10.9 Å². The van der Waals surface area contributed by atoms with Crippen LogP contribution >= 0.6 is 0 Å². The van der Waals surface area contributed by atoms with Gasteiger partial charge in [-0.15, -0.1) is 0 Å². The van der Waals surface area contributed by atoms with Gasteiger partial charge < -0.3 is 19.4 Å². The van der Waals surface area contributed by atoms with E-state index in [1.807, 2.05) is 48.3 Å². The molecule has 6 heteroatoms. The van der Waals surface area contributed by atoms with E-state index in [-0.39, 0.29) is 6.10 Å². The van der Waals surface area contributed by atoms with Gasteiger partial charge in [-0.3, -0.25) is 4.98 Å². The molecular formula is C18H20N4O2. The molecule has 1 N–H and O–H groups in total. The van der Waals surface area contributed by atoms with Crippen LogP contribution in [0.2, 0.25) is 0 Å². The average Bonchev–Trinajstić information content (AvgIpc) is 3.07.